The van der Waals surface area contributed by atoms with Gasteiger partial charge in [0.1, 0.15) is 12.4 Å². The molecule has 0 saturated heterocycles. The van der Waals surface area contributed by atoms with Gasteiger partial charge in [-0.15, -0.1) is 0 Å². The Morgan fingerprint density at radius 2 is 2.07 bits per heavy atom. The normalized spacial score (nSPS) is 14.0. The van der Waals surface area contributed by atoms with Crippen LogP contribution in [-0.2, 0) is 5.92 Å². The van der Waals surface area contributed by atoms with Crippen molar-refractivity contribution in [1.82, 2.24) is 0 Å². The minimum atomic E-state index is -3.57. The number of rotatable bonds is 3. The Labute approximate surface area is 85.5 Å². The minimum absolute atomic E-state index is 0.402. The summed E-state index contributed by atoms with van der Waals surface area (Å²) < 4.78 is 39.2. The highest BCUT2D eigenvalue weighted by Crippen LogP contribution is 2.31. The molecule has 5 heteroatoms. The lowest BCUT2D eigenvalue weighted by atomic mass is 10.0. The van der Waals surface area contributed by atoms with Gasteiger partial charge in [0.15, 0.2) is 0 Å². The largest absolute Gasteiger partial charge is 0.390 e. The molecule has 0 amide bonds. The van der Waals surface area contributed by atoms with E-state index in [1.54, 1.807) is 6.92 Å². The second kappa shape index (κ2) is 4.20. The third-order valence-electron chi connectivity index (χ3n) is 2.11. The lowest BCUT2D eigenvalue weighted by Gasteiger charge is -2.16. The van der Waals surface area contributed by atoms with Crippen LogP contribution in [0.5, 0.6) is 0 Å². The first-order valence-corrected chi connectivity index (χ1v) is 4.42. The molecule has 0 aromatic heterocycles. The van der Waals surface area contributed by atoms with E-state index >= 15 is 0 Å². The van der Waals surface area contributed by atoms with Crippen molar-refractivity contribution in [2.45, 2.75) is 18.9 Å². The van der Waals surface area contributed by atoms with Crippen LogP contribution >= 0.6 is 0 Å². The van der Waals surface area contributed by atoms with E-state index in [9.17, 15) is 13.2 Å². The monoisotopic (exact) mass is 219 g/mol. The van der Waals surface area contributed by atoms with E-state index in [1.165, 1.54) is 6.07 Å². The van der Waals surface area contributed by atoms with Gasteiger partial charge in [-0.25, -0.2) is 4.39 Å². The molecule has 2 nitrogen and oxygen atoms in total. The van der Waals surface area contributed by atoms with Gasteiger partial charge in [-0.05, 0) is 24.6 Å². The zero-order chi connectivity index (χ0) is 11.6. The highest BCUT2D eigenvalue weighted by molar-refractivity contribution is 5.30. The van der Waals surface area contributed by atoms with E-state index in [2.05, 4.69) is 0 Å². The molecule has 1 aromatic carbocycles. The zero-order valence-corrected chi connectivity index (χ0v) is 8.17. The molecule has 1 aromatic rings. The summed E-state index contributed by atoms with van der Waals surface area (Å²) in [5.41, 5.74) is 5.07. The second-order valence-corrected chi connectivity index (χ2v) is 3.39. The maximum atomic E-state index is 13.1. The molecule has 0 heterocycles. The fraction of sp³-hybridized carbons (Fsp3) is 0.400. The van der Waals surface area contributed by atoms with Gasteiger partial charge >= 0.3 is 0 Å². The molecule has 0 fully saturated rings. The summed E-state index contributed by atoms with van der Waals surface area (Å²) in [6.45, 7) is 0.181. The van der Waals surface area contributed by atoms with Crippen LogP contribution in [0, 0.1) is 5.82 Å². The molecule has 15 heavy (non-hydrogen) atoms. The summed E-state index contributed by atoms with van der Waals surface area (Å²) in [7, 11) is 0. The van der Waals surface area contributed by atoms with Crippen molar-refractivity contribution in [3.63, 3.8) is 0 Å². The van der Waals surface area contributed by atoms with Crippen LogP contribution in [0.1, 0.15) is 24.1 Å². The van der Waals surface area contributed by atoms with Crippen molar-refractivity contribution in [2.75, 3.05) is 6.61 Å². The van der Waals surface area contributed by atoms with Crippen LogP contribution in [0.2, 0.25) is 0 Å². The third kappa shape index (κ3) is 2.49. The number of hydrogen-bond donors (Lipinski definition) is 2. The number of hydrogen-bond acceptors (Lipinski definition) is 2. The van der Waals surface area contributed by atoms with Crippen molar-refractivity contribution in [2.24, 2.45) is 5.73 Å². The highest BCUT2D eigenvalue weighted by Gasteiger charge is 2.33. The summed E-state index contributed by atoms with van der Waals surface area (Å²) in [5, 5.41) is 8.45. The Morgan fingerprint density at radius 3 is 2.53 bits per heavy atom. The lowest BCUT2D eigenvalue weighted by molar-refractivity contribution is -0.0583. The highest BCUT2D eigenvalue weighted by atomic mass is 19.3. The van der Waals surface area contributed by atoms with Gasteiger partial charge in [-0.2, -0.15) is 8.78 Å². The standard InChI is InChI=1S/C10H12F3NO/c1-6(14)7-2-3-9(11)8(4-7)10(12,13)5-15/h2-4,6,15H,5,14H2,1H3/t6-/m1/s1. The molecule has 0 aliphatic heterocycles. The van der Waals surface area contributed by atoms with Crippen LogP contribution in [-0.4, -0.2) is 11.7 Å². The number of alkyl halides is 2. The van der Waals surface area contributed by atoms with Gasteiger partial charge in [0.25, 0.3) is 5.92 Å². The quantitative estimate of drug-likeness (QED) is 0.815. The molecular formula is C10H12F3NO. The molecule has 3 N–H and O–H groups in total. The first kappa shape index (κ1) is 12.0. The van der Waals surface area contributed by atoms with E-state index in [0.717, 1.165) is 12.1 Å². The van der Waals surface area contributed by atoms with Gasteiger partial charge < -0.3 is 10.8 Å². The number of aliphatic hydroxyl groups is 1. The number of halogens is 3. The molecule has 0 aliphatic carbocycles. The molecule has 0 saturated carbocycles. The summed E-state index contributed by atoms with van der Waals surface area (Å²) in [5.74, 6) is -4.62. The van der Waals surface area contributed by atoms with Gasteiger partial charge in [0.2, 0.25) is 0 Å². The Balaban J connectivity index is 3.22. The molecule has 0 unspecified atom stereocenters. The van der Waals surface area contributed by atoms with Crippen LogP contribution in [0.4, 0.5) is 13.2 Å². The molecule has 1 atom stereocenters. The Hall–Kier alpha value is -1.07. The SMILES string of the molecule is C[C@@H](N)c1ccc(F)c(C(F)(F)CO)c1. The van der Waals surface area contributed by atoms with Crippen LogP contribution in [0.15, 0.2) is 18.2 Å². The number of nitrogens with two attached hydrogens (primary N) is 1. The molecule has 0 spiro atoms. The average Bonchev–Trinajstić information content (AvgIpc) is 2.17. The molecule has 0 aliphatic rings. The predicted octanol–water partition coefficient (Wildman–Crippen LogP) is 1.93. The van der Waals surface area contributed by atoms with Crippen LogP contribution < -0.4 is 5.73 Å². The topological polar surface area (TPSA) is 46.2 Å². The molecule has 0 radical (unpaired) electrons. The molecule has 0 bridgehead atoms. The van der Waals surface area contributed by atoms with E-state index in [-0.39, 0.29) is 0 Å². The van der Waals surface area contributed by atoms with Crippen molar-refractivity contribution in [1.29, 1.82) is 0 Å². The number of aliphatic hydroxyl groups excluding tert-OH is 1. The fourth-order valence-electron chi connectivity index (χ4n) is 1.19. The Kier molecular flexibility index (Phi) is 3.36. The fourth-order valence-corrected chi connectivity index (χ4v) is 1.19. The van der Waals surface area contributed by atoms with Gasteiger partial charge in [-0.3, -0.25) is 0 Å². The van der Waals surface area contributed by atoms with Gasteiger partial charge in [0.05, 0.1) is 5.56 Å². The van der Waals surface area contributed by atoms with Crippen molar-refractivity contribution < 1.29 is 18.3 Å². The van der Waals surface area contributed by atoms with E-state index < -0.39 is 30.0 Å². The summed E-state index contributed by atoms with van der Waals surface area (Å²) in [6.07, 6.45) is 0. The maximum absolute atomic E-state index is 13.1. The molecule has 1 rings (SSSR count). The summed E-state index contributed by atoms with van der Waals surface area (Å²) in [4.78, 5) is 0. The van der Waals surface area contributed by atoms with E-state index in [0.29, 0.717) is 5.56 Å². The van der Waals surface area contributed by atoms with Crippen molar-refractivity contribution in [3.05, 3.63) is 35.1 Å². The van der Waals surface area contributed by atoms with Crippen molar-refractivity contribution >= 4 is 0 Å². The average molecular weight is 219 g/mol. The lowest BCUT2D eigenvalue weighted by Crippen LogP contribution is -2.21. The minimum Gasteiger partial charge on any atom is -0.390 e. The van der Waals surface area contributed by atoms with Gasteiger partial charge in [0, 0.05) is 6.04 Å². The van der Waals surface area contributed by atoms with E-state index in [4.69, 9.17) is 10.8 Å². The van der Waals surface area contributed by atoms with Crippen molar-refractivity contribution in [3.8, 4) is 0 Å². The summed E-state index contributed by atoms with van der Waals surface area (Å²) in [6, 6.07) is 2.80. The number of benzene rings is 1. The first-order chi connectivity index (χ1) is 6.88. The van der Waals surface area contributed by atoms with Gasteiger partial charge in [-0.1, -0.05) is 6.07 Å². The second-order valence-electron chi connectivity index (χ2n) is 3.39. The van der Waals surface area contributed by atoms with Crippen LogP contribution in [0.25, 0.3) is 0 Å². The smallest absolute Gasteiger partial charge is 0.298 e. The van der Waals surface area contributed by atoms with E-state index in [1.807, 2.05) is 0 Å². The third-order valence-corrected chi connectivity index (χ3v) is 2.11. The molecular weight excluding hydrogens is 207 g/mol. The zero-order valence-electron chi connectivity index (χ0n) is 8.17. The summed E-state index contributed by atoms with van der Waals surface area (Å²) >= 11 is 0. The maximum Gasteiger partial charge on any atom is 0.298 e. The molecule has 84 valence electrons. The Bertz CT molecular complexity index is 353. The Morgan fingerprint density at radius 1 is 1.47 bits per heavy atom. The van der Waals surface area contributed by atoms with Crippen LogP contribution in [0.3, 0.4) is 0 Å². The first-order valence-electron chi connectivity index (χ1n) is 4.42. The predicted molar refractivity (Wildman–Crippen MR) is 50.0 cm³/mol.